The molecule has 2 aromatic carbocycles. The monoisotopic (exact) mass is 419 g/mol. The molecule has 2 amide bonds. The number of anilines is 1. The minimum atomic E-state index is -1.08. The summed E-state index contributed by atoms with van der Waals surface area (Å²) in [5.41, 5.74) is 1.14. The summed E-state index contributed by atoms with van der Waals surface area (Å²) in [6.45, 7) is 3.96. The van der Waals surface area contributed by atoms with Crippen LogP contribution in [-0.4, -0.2) is 42.4 Å². The van der Waals surface area contributed by atoms with E-state index in [0.717, 1.165) is 35.7 Å². The summed E-state index contributed by atoms with van der Waals surface area (Å²) in [5, 5.41) is 2.75. The summed E-state index contributed by atoms with van der Waals surface area (Å²) in [4.78, 5) is 28.3. The van der Waals surface area contributed by atoms with Crippen molar-refractivity contribution in [3.63, 3.8) is 0 Å². The van der Waals surface area contributed by atoms with Gasteiger partial charge in [0, 0.05) is 44.0 Å². The molecule has 8 heteroatoms. The molecule has 0 aromatic heterocycles. The van der Waals surface area contributed by atoms with E-state index in [9.17, 15) is 22.8 Å². The Kier molecular flexibility index (Phi) is 7.10. The van der Waals surface area contributed by atoms with Crippen LogP contribution in [-0.2, 0) is 16.1 Å². The summed E-state index contributed by atoms with van der Waals surface area (Å²) in [7, 11) is 0. The van der Waals surface area contributed by atoms with Crippen molar-refractivity contribution in [3.8, 4) is 0 Å². The predicted octanol–water partition coefficient (Wildman–Crippen LogP) is 3.24. The highest BCUT2D eigenvalue weighted by molar-refractivity contribution is 6.40. The number of amides is 2. The predicted molar refractivity (Wildman–Crippen MR) is 107 cm³/mol. The lowest BCUT2D eigenvalue weighted by atomic mass is 10.0. The average molecular weight is 419 g/mol. The quantitative estimate of drug-likeness (QED) is 0.758. The molecule has 1 heterocycles. The first kappa shape index (κ1) is 21.8. The minimum absolute atomic E-state index is 0.130. The van der Waals surface area contributed by atoms with Crippen molar-refractivity contribution in [2.24, 2.45) is 0 Å². The number of nitrogens with one attached hydrogen (secondary N) is 1. The Hall–Kier alpha value is -2.87. The Morgan fingerprint density at radius 2 is 1.70 bits per heavy atom. The number of piperidine rings is 1. The van der Waals surface area contributed by atoms with Crippen molar-refractivity contribution in [3.05, 3.63) is 65.5 Å². The molecule has 0 spiro atoms. The molecule has 0 radical (unpaired) electrons. The molecule has 1 aliphatic heterocycles. The SMILES string of the molecule is CCN(C(=O)C(=O)NC1CCN(Cc2ccc(F)cc2)CC1)c1ccc(F)c(F)c1. The Balaban J connectivity index is 1.52. The van der Waals surface area contributed by atoms with E-state index in [1.54, 1.807) is 19.1 Å². The van der Waals surface area contributed by atoms with Gasteiger partial charge in [-0.1, -0.05) is 12.1 Å². The van der Waals surface area contributed by atoms with Gasteiger partial charge in [-0.3, -0.25) is 14.5 Å². The zero-order chi connectivity index (χ0) is 21.7. The number of nitrogens with zero attached hydrogens (tertiary/aromatic N) is 2. The Bertz CT molecular complexity index is 897. The molecule has 1 aliphatic rings. The van der Waals surface area contributed by atoms with Crippen molar-refractivity contribution < 1.29 is 22.8 Å². The third-order valence-corrected chi connectivity index (χ3v) is 5.21. The van der Waals surface area contributed by atoms with Gasteiger partial charge in [0.25, 0.3) is 0 Å². The highest BCUT2D eigenvalue weighted by Crippen LogP contribution is 2.19. The highest BCUT2D eigenvalue weighted by atomic mass is 19.2. The van der Waals surface area contributed by atoms with Gasteiger partial charge in [-0.15, -0.1) is 0 Å². The summed E-state index contributed by atoms with van der Waals surface area (Å²) in [6, 6.07) is 9.31. The lowest BCUT2D eigenvalue weighted by Gasteiger charge is -2.32. The van der Waals surface area contributed by atoms with Gasteiger partial charge in [-0.25, -0.2) is 13.2 Å². The van der Waals surface area contributed by atoms with Gasteiger partial charge >= 0.3 is 11.8 Å². The van der Waals surface area contributed by atoms with E-state index in [1.807, 2.05) is 0 Å². The maximum atomic E-state index is 13.5. The smallest absolute Gasteiger partial charge is 0.316 e. The maximum Gasteiger partial charge on any atom is 0.316 e. The molecule has 0 aliphatic carbocycles. The van der Waals surface area contributed by atoms with Crippen molar-refractivity contribution >= 4 is 17.5 Å². The fourth-order valence-corrected chi connectivity index (χ4v) is 3.55. The molecule has 0 bridgehead atoms. The van der Waals surface area contributed by atoms with E-state index in [2.05, 4.69) is 10.2 Å². The van der Waals surface area contributed by atoms with Crippen molar-refractivity contribution in [2.45, 2.75) is 32.4 Å². The lowest BCUT2D eigenvalue weighted by molar-refractivity contribution is -0.138. The number of hydrogen-bond donors (Lipinski definition) is 1. The molecule has 0 atom stereocenters. The van der Waals surface area contributed by atoms with Crippen LogP contribution in [0.2, 0.25) is 0 Å². The van der Waals surface area contributed by atoms with E-state index in [4.69, 9.17) is 0 Å². The number of likely N-dealkylation sites (tertiary alicyclic amines) is 1. The third kappa shape index (κ3) is 5.38. The fourth-order valence-electron chi connectivity index (χ4n) is 3.55. The van der Waals surface area contributed by atoms with Crippen molar-refractivity contribution in [2.75, 3.05) is 24.5 Å². The Labute approximate surface area is 173 Å². The molecule has 2 aromatic rings. The minimum Gasteiger partial charge on any atom is -0.345 e. The highest BCUT2D eigenvalue weighted by Gasteiger charge is 2.27. The van der Waals surface area contributed by atoms with Gasteiger partial charge in [-0.2, -0.15) is 0 Å². The van der Waals surface area contributed by atoms with Gasteiger partial charge < -0.3 is 10.2 Å². The van der Waals surface area contributed by atoms with Crippen LogP contribution < -0.4 is 10.2 Å². The number of likely N-dealkylation sites (N-methyl/N-ethyl adjacent to an activating group) is 1. The first-order valence-corrected chi connectivity index (χ1v) is 9.91. The molecule has 0 saturated carbocycles. The van der Waals surface area contributed by atoms with Crippen LogP contribution in [0.15, 0.2) is 42.5 Å². The van der Waals surface area contributed by atoms with Crippen LogP contribution >= 0.6 is 0 Å². The number of halogens is 3. The van der Waals surface area contributed by atoms with E-state index in [1.165, 1.54) is 18.2 Å². The largest absolute Gasteiger partial charge is 0.345 e. The molecule has 5 nitrogen and oxygen atoms in total. The van der Waals surface area contributed by atoms with Crippen LogP contribution in [0.4, 0.5) is 18.9 Å². The molecule has 30 heavy (non-hydrogen) atoms. The van der Waals surface area contributed by atoms with E-state index in [0.29, 0.717) is 19.4 Å². The topological polar surface area (TPSA) is 52.7 Å². The number of carbonyl (C=O) groups is 2. The second kappa shape index (κ2) is 9.75. The van der Waals surface area contributed by atoms with Crippen LogP contribution in [0.3, 0.4) is 0 Å². The number of hydrogen-bond acceptors (Lipinski definition) is 3. The van der Waals surface area contributed by atoms with Crippen molar-refractivity contribution in [1.82, 2.24) is 10.2 Å². The fraction of sp³-hybridized carbons (Fsp3) is 0.364. The van der Waals surface area contributed by atoms with Gasteiger partial charge in [0.05, 0.1) is 0 Å². The van der Waals surface area contributed by atoms with Crippen LogP contribution in [0.1, 0.15) is 25.3 Å². The standard InChI is InChI=1S/C22H24F3N3O2/c1-2-28(18-7-8-19(24)20(25)13-18)22(30)21(29)26-17-9-11-27(12-10-17)14-15-3-5-16(23)6-4-15/h3-8,13,17H,2,9-12,14H2,1H3,(H,26,29). The van der Waals surface area contributed by atoms with E-state index >= 15 is 0 Å². The lowest BCUT2D eigenvalue weighted by Crippen LogP contribution is -2.50. The zero-order valence-electron chi connectivity index (χ0n) is 16.7. The Morgan fingerprint density at radius 1 is 1.03 bits per heavy atom. The molecule has 1 fully saturated rings. The molecular weight excluding hydrogens is 395 g/mol. The number of benzene rings is 2. The summed E-state index contributed by atoms with van der Waals surface area (Å²) in [5.74, 6) is -3.93. The summed E-state index contributed by atoms with van der Waals surface area (Å²) in [6.07, 6.45) is 1.36. The van der Waals surface area contributed by atoms with Gasteiger partial charge in [-0.05, 0) is 49.6 Å². The Morgan fingerprint density at radius 3 is 2.30 bits per heavy atom. The average Bonchev–Trinajstić information content (AvgIpc) is 2.74. The van der Waals surface area contributed by atoms with Crippen LogP contribution in [0, 0.1) is 17.5 Å². The normalized spacial score (nSPS) is 15.1. The molecule has 1 N–H and O–H groups in total. The van der Waals surface area contributed by atoms with Gasteiger partial charge in [0.15, 0.2) is 11.6 Å². The molecule has 160 valence electrons. The zero-order valence-corrected chi connectivity index (χ0v) is 16.7. The van der Waals surface area contributed by atoms with Gasteiger partial charge in [0.1, 0.15) is 5.82 Å². The van der Waals surface area contributed by atoms with E-state index < -0.39 is 23.4 Å². The molecule has 1 saturated heterocycles. The molecule has 0 unspecified atom stereocenters. The summed E-state index contributed by atoms with van der Waals surface area (Å²) < 4.78 is 39.6. The maximum absolute atomic E-state index is 13.5. The van der Waals surface area contributed by atoms with Gasteiger partial charge in [0.2, 0.25) is 0 Å². The first-order chi connectivity index (χ1) is 14.4. The number of rotatable bonds is 5. The van der Waals surface area contributed by atoms with Crippen molar-refractivity contribution in [1.29, 1.82) is 0 Å². The van der Waals surface area contributed by atoms with Crippen LogP contribution in [0.5, 0.6) is 0 Å². The van der Waals surface area contributed by atoms with Crippen LogP contribution in [0.25, 0.3) is 0 Å². The second-order valence-corrected chi connectivity index (χ2v) is 7.30. The summed E-state index contributed by atoms with van der Waals surface area (Å²) >= 11 is 0. The molecular formula is C22H24F3N3O2. The van der Waals surface area contributed by atoms with E-state index in [-0.39, 0.29) is 24.1 Å². The first-order valence-electron chi connectivity index (χ1n) is 9.91. The number of carbonyl (C=O) groups excluding carboxylic acids is 2. The third-order valence-electron chi connectivity index (χ3n) is 5.21. The second-order valence-electron chi connectivity index (χ2n) is 7.30. The molecule has 3 rings (SSSR count).